The Morgan fingerprint density at radius 1 is 1.56 bits per heavy atom. The maximum Gasteiger partial charge on any atom is 0.331 e. The van der Waals surface area contributed by atoms with E-state index in [4.69, 9.17) is 5.11 Å². The van der Waals surface area contributed by atoms with Crippen molar-refractivity contribution in [3.63, 3.8) is 0 Å². The normalized spacial score (nSPS) is 11.5. The molecule has 1 N–H and O–H groups in total. The molecule has 16 heavy (non-hydrogen) atoms. The van der Waals surface area contributed by atoms with Gasteiger partial charge in [-0.05, 0) is 25.0 Å². The maximum atomic E-state index is 11.5. The highest BCUT2D eigenvalue weighted by molar-refractivity contribution is 5.86. The van der Waals surface area contributed by atoms with Crippen LogP contribution in [0.25, 0.3) is 0 Å². The lowest BCUT2D eigenvalue weighted by Crippen LogP contribution is -2.18. The number of aliphatic carboxylic acids is 1. The minimum absolute atomic E-state index is 0.114. The molecule has 0 aliphatic heterocycles. The van der Waals surface area contributed by atoms with Gasteiger partial charge in [-0.1, -0.05) is 13.0 Å². The summed E-state index contributed by atoms with van der Waals surface area (Å²) >= 11 is 0. The smallest absolute Gasteiger partial charge is 0.331 e. The van der Waals surface area contributed by atoms with E-state index in [1.165, 1.54) is 10.6 Å². The summed E-state index contributed by atoms with van der Waals surface area (Å²) in [6.45, 7) is 3.92. The van der Waals surface area contributed by atoms with Gasteiger partial charge in [-0.3, -0.25) is 4.79 Å². The van der Waals surface area contributed by atoms with Gasteiger partial charge in [-0.2, -0.15) is 0 Å². The summed E-state index contributed by atoms with van der Waals surface area (Å²) in [5.41, 5.74) is 1.11. The number of rotatable bonds is 4. The van der Waals surface area contributed by atoms with Gasteiger partial charge in [0.2, 0.25) is 0 Å². The fourth-order valence-electron chi connectivity index (χ4n) is 1.35. The standard InChI is InChI=1S/C12H15NO3/c1-3-10(12(15)16)5-7-13-6-4-9(2)8-11(13)14/h4-6,8H,3,7H2,1-2H3,(H,15,16). The van der Waals surface area contributed by atoms with Gasteiger partial charge in [-0.25, -0.2) is 4.79 Å². The van der Waals surface area contributed by atoms with Crippen molar-refractivity contribution in [1.82, 2.24) is 4.57 Å². The predicted octanol–water partition coefficient (Wildman–Crippen LogP) is 1.58. The lowest BCUT2D eigenvalue weighted by Gasteiger charge is -2.03. The zero-order valence-electron chi connectivity index (χ0n) is 9.43. The van der Waals surface area contributed by atoms with Gasteiger partial charge < -0.3 is 9.67 Å². The second-order valence-corrected chi connectivity index (χ2v) is 3.58. The van der Waals surface area contributed by atoms with Crippen molar-refractivity contribution < 1.29 is 9.90 Å². The van der Waals surface area contributed by atoms with Crippen molar-refractivity contribution in [1.29, 1.82) is 0 Å². The van der Waals surface area contributed by atoms with Gasteiger partial charge in [0.05, 0.1) is 0 Å². The molecule has 0 bridgehead atoms. The van der Waals surface area contributed by atoms with Crippen LogP contribution in [0.2, 0.25) is 0 Å². The summed E-state index contributed by atoms with van der Waals surface area (Å²) in [6.07, 6.45) is 3.69. The van der Waals surface area contributed by atoms with Gasteiger partial charge in [0.1, 0.15) is 0 Å². The fourth-order valence-corrected chi connectivity index (χ4v) is 1.35. The Hall–Kier alpha value is -1.84. The summed E-state index contributed by atoms with van der Waals surface area (Å²) in [5.74, 6) is -0.928. The number of pyridine rings is 1. The molecule has 4 nitrogen and oxygen atoms in total. The Bertz CT molecular complexity index is 471. The van der Waals surface area contributed by atoms with Crippen molar-refractivity contribution in [2.24, 2.45) is 0 Å². The lowest BCUT2D eigenvalue weighted by molar-refractivity contribution is -0.132. The quantitative estimate of drug-likeness (QED) is 0.785. The molecule has 0 aromatic carbocycles. The third-order valence-electron chi connectivity index (χ3n) is 2.34. The molecular weight excluding hydrogens is 206 g/mol. The maximum absolute atomic E-state index is 11.5. The number of allylic oxidation sites excluding steroid dienone is 1. The van der Waals surface area contributed by atoms with Crippen LogP contribution < -0.4 is 5.56 Å². The number of aromatic nitrogens is 1. The van der Waals surface area contributed by atoms with Crippen molar-refractivity contribution in [2.75, 3.05) is 0 Å². The number of carboxylic acids is 1. The van der Waals surface area contributed by atoms with Gasteiger partial charge >= 0.3 is 5.97 Å². The van der Waals surface area contributed by atoms with Crippen molar-refractivity contribution in [3.05, 3.63) is 45.9 Å². The first kappa shape index (κ1) is 12.2. The van der Waals surface area contributed by atoms with Gasteiger partial charge in [0, 0.05) is 24.4 Å². The minimum Gasteiger partial charge on any atom is -0.478 e. The third-order valence-corrected chi connectivity index (χ3v) is 2.34. The molecule has 0 fully saturated rings. The molecule has 4 heteroatoms. The molecule has 1 rings (SSSR count). The molecule has 1 aromatic rings. The number of aryl methyl sites for hydroxylation is 1. The van der Waals surface area contributed by atoms with E-state index in [-0.39, 0.29) is 5.56 Å². The summed E-state index contributed by atoms with van der Waals surface area (Å²) in [6, 6.07) is 3.35. The van der Waals surface area contributed by atoms with Crippen molar-refractivity contribution in [2.45, 2.75) is 26.8 Å². The van der Waals surface area contributed by atoms with E-state index in [0.29, 0.717) is 18.5 Å². The van der Waals surface area contributed by atoms with Crippen LogP contribution in [0.5, 0.6) is 0 Å². The Kier molecular flexibility index (Phi) is 4.05. The molecule has 0 spiro atoms. The molecular formula is C12H15NO3. The summed E-state index contributed by atoms with van der Waals surface area (Å²) < 4.78 is 1.48. The Morgan fingerprint density at radius 2 is 2.25 bits per heavy atom. The van der Waals surface area contributed by atoms with E-state index in [0.717, 1.165) is 5.56 Å². The number of hydrogen-bond acceptors (Lipinski definition) is 2. The second kappa shape index (κ2) is 5.30. The number of carbonyl (C=O) groups is 1. The summed E-state index contributed by atoms with van der Waals surface area (Å²) in [7, 11) is 0. The van der Waals surface area contributed by atoms with Crippen LogP contribution >= 0.6 is 0 Å². The molecule has 0 aliphatic carbocycles. The summed E-state index contributed by atoms with van der Waals surface area (Å²) in [4.78, 5) is 22.2. The van der Waals surface area contributed by atoms with Crippen LogP contribution in [0.3, 0.4) is 0 Å². The molecule has 0 saturated carbocycles. The Morgan fingerprint density at radius 3 is 2.75 bits per heavy atom. The first-order chi connectivity index (χ1) is 7.54. The lowest BCUT2D eigenvalue weighted by atomic mass is 10.2. The van der Waals surface area contributed by atoms with E-state index in [9.17, 15) is 9.59 Å². The van der Waals surface area contributed by atoms with Crippen molar-refractivity contribution >= 4 is 5.97 Å². The molecule has 0 saturated heterocycles. The van der Waals surface area contributed by atoms with Gasteiger partial charge in [-0.15, -0.1) is 0 Å². The van der Waals surface area contributed by atoms with Gasteiger partial charge in [0.15, 0.2) is 0 Å². The molecule has 1 aromatic heterocycles. The highest BCUT2D eigenvalue weighted by Crippen LogP contribution is 2.01. The number of carboxylic acid groups (broad SMARTS) is 1. The monoisotopic (exact) mass is 221 g/mol. The number of nitrogens with zero attached hydrogens (tertiary/aromatic N) is 1. The molecule has 0 atom stereocenters. The van der Waals surface area contributed by atoms with E-state index < -0.39 is 5.97 Å². The molecule has 1 heterocycles. The topological polar surface area (TPSA) is 59.3 Å². The fraction of sp³-hybridized carbons (Fsp3) is 0.333. The van der Waals surface area contributed by atoms with Crippen LogP contribution in [0.4, 0.5) is 0 Å². The van der Waals surface area contributed by atoms with E-state index in [2.05, 4.69) is 0 Å². The molecule has 86 valence electrons. The molecule has 0 amide bonds. The van der Waals surface area contributed by atoms with E-state index in [1.807, 2.05) is 13.0 Å². The Labute approximate surface area is 93.8 Å². The van der Waals surface area contributed by atoms with Crippen LogP contribution in [0, 0.1) is 6.92 Å². The van der Waals surface area contributed by atoms with Crippen LogP contribution in [-0.2, 0) is 11.3 Å². The highest BCUT2D eigenvalue weighted by atomic mass is 16.4. The molecule has 0 aliphatic rings. The largest absolute Gasteiger partial charge is 0.478 e. The SMILES string of the molecule is CCC(=CCn1ccc(C)cc1=O)C(=O)O. The predicted molar refractivity (Wildman–Crippen MR) is 61.4 cm³/mol. The number of hydrogen-bond donors (Lipinski definition) is 1. The first-order valence-corrected chi connectivity index (χ1v) is 5.14. The van der Waals surface area contributed by atoms with Crippen molar-refractivity contribution in [3.8, 4) is 0 Å². The van der Waals surface area contributed by atoms with Crippen LogP contribution in [-0.4, -0.2) is 15.6 Å². The average Bonchev–Trinajstić information content (AvgIpc) is 2.21. The van der Waals surface area contributed by atoms with Gasteiger partial charge in [0.25, 0.3) is 5.56 Å². The first-order valence-electron chi connectivity index (χ1n) is 5.14. The van der Waals surface area contributed by atoms with Crippen LogP contribution in [0.15, 0.2) is 34.8 Å². The summed E-state index contributed by atoms with van der Waals surface area (Å²) in [5, 5.41) is 8.81. The second-order valence-electron chi connectivity index (χ2n) is 3.58. The average molecular weight is 221 g/mol. The zero-order chi connectivity index (χ0) is 12.1. The molecule has 0 radical (unpaired) electrons. The highest BCUT2D eigenvalue weighted by Gasteiger charge is 2.03. The molecule has 0 unspecified atom stereocenters. The van der Waals surface area contributed by atoms with E-state index in [1.54, 1.807) is 19.2 Å². The van der Waals surface area contributed by atoms with Crippen LogP contribution in [0.1, 0.15) is 18.9 Å². The Balaban J connectivity index is 2.89. The minimum atomic E-state index is -0.928. The van der Waals surface area contributed by atoms with E-state index >= 15 is 0 Å². The zero-order valence-corrected chi connectivity index (χ0v) is 9.43. The third kappa shape index (κ3) is 3.08.